The monoisotopic (exact) mass is 250 g/mol. The summed E-state index contributed by atoms with van der Waals surface area (Å²) < 4.78 is 0. The summed E-state index contributed by atoms with van der Waals surface area (Å²) in [4.78, 5) is 21.5. The van der Waals surface area contributed by atoms with Crippen molar-refractivity contribution in [2.45, 2.75) is 46.1 Å². The normalized spacial score (nSPS) is 13.1. The highest BCUT2D eigenvalue weighted by molar-refractivity contribution is 5.71. The SMILES string of the molecule is CC(CCc1ccccc1)C(=O)OOC(C)(C)C. The van der Waals surface area contributed by atoms with Gasteiger partial charge in [0.1, 0.15) is 5.60 Å². The van der Waals surface area contributed by atoms with Crippen LogP contribution in [0.25, 0.3) is 0 Å². The van der Waals surface area contributed by atoms with Gasteiger partial charge in [-0.1, -0.05) is 37.3 Å². The molecular formula is C15H22O3. The molecule has 100 valence electrons. The quantitative estimate of drug-likeness (QED) is 0.592. The van der Waals surface area contributed by atoms with Crippen LogP contribution >= 0.6 is 0 Å². The molecule has 0 aliphatic rings. The van der Waals surface area contributed by atoms with Crippen molar-refractivity contribution in [3.63, 3.8) is 0 Å². The zero-order valence-electron chi connectivity index (χ0n) is 11.6. The molecule has 0 heterocycles. The van der Waals surface area contributed by atoms with Gasteiger partial charge in [-0.15, -0.1) is 0 Å². The Labute approximate surface area is 109 Å². The summed E-state index contributed by atoms with van der Waals surface area (Å²) in [6.07, 6.45) is 1.63. The average Bonchev–Trinajstić information content (AvgIpc) is 2.33. The Morgan fingerprint density at radius 1 is 1.22 bits per heavy atom. The largest absolute Gasteiger partial charge is 0.345 e. The number of hydrogen-bond acceptors (Lipinski definition) is 3. The molecule has 0 spiro atoms. The van der Waals surface area contributed by atoms with E-state index in [4.69, 9.17) is 9.78 Å². The molecule has 1 aromatic rings. The molecular weight excluding hydrogens is 228 g/mol. The smallest absolute Gasteiger partial charge is 0.298 e. The van der Waals surface area contributed by atoms with E-state index < -0.39 is 5.60 Å². The minimum Gasteiger partial charge on any atom is -0.298 e. The maximum absolute atomic E-state index is 11.7. The van der Waals surface area contributed by atoms with Gasteiger partial charge in [0.05, 0.1) is 5.92 Å². The van der Waals surface area contributed by atoms with Crippen molar-refractivity contribution in [3.05, 3.63) is 35.9 Å². The third kappa shape index (κ3) is 5.82. The molecule has 0 aromatic heterocycles. The Kier molecular flexibility index (Phi) is 5.35. The first-order valence-electron chi connectivity index (χ1n) is 6.32. The summed E-state index contributed by atoms with van der Waals surface area (Å²) in [5.74, 6) is -0.464. The van der Waals surface area contributed by atoms with E-state index in [1.54, 1.807) is 0 Å². The van der Waals surface area contributed by atoms with Crippen LogP contribution in [0, 0.1) is 5.92 Å². The molecule has 0 saturated heterocycles. The standard InChI is InChI=1S/C15H22O3/c1-12(14(16)17-18-15(2,3)4)10-11-13-8-6-5-7-9-13/h5-9,12H,10-11H2,1-4H3. The number of hydrogen-bond donors (Lipinski definition) is 0. The minimum atomic E-state index is -0.463. The molecule has 0 aliphatic carbocycles. The Hall–Kier alpha value is -1.35. The van der Waals surface area contributed by atoms with Crippen LogP contribution in [-0.4, -0.2) is 11.6 Å². The third-order valence-corrected chi connectivity index (χ3v) is 2.49. The van der Waals surface area contributed by atoms with Crippen molar-refractivity contribution in [2.75, 3.05) is 0 Å². The van der Waals surface area contributed by atoms with Gasteiger partial charge in [0.25, 0.3) is 0 Å². The zero-order chi connectivity index (χ0) is 13.6. The Balaban J connectivity index is 2.32. The fourth-order valence-corrected chi connectivity index (χ4v) is 1.39. The van der Waals surface area contributed by atoms with Gasteiger partial charge in [0.15, 0.2) is 0 Å². The van der Waals surface area contributed by atoms with Gasteiger partial charge in [-0.25, -0.2) is 4.79 Å². The second-order valence-electron chi connectivity index (χ2n) is 5.52. The predicted molar refractivity (Wildman–Crippen MR) is 70.9 cm³/mol. The van der Waals surface area contributed by atoms with Crippen LogP contribution in [0.5, 0.6) is 0 Å². The van der Waals surface area contributed by atoms with E-state index in [9.17, 15) is 4.79 Å². The van der Waals surface area contributed by atoms with Crippen LogP contribution in [0.1, 0.15) is 39.7 Å². The summed E-state index contributed by atoms with van der Waals surface area (Å²) in [5.41, 5.74) is 0.767. The number of carbonyl (C=O) groups is 1. The lowest BCUT2D eigenvalue weighted by atomic mass is 10.0. The third-order valence-electron chi connectivity index (χ3n) is 2.49. The molecule has 0 amide bonds. The number of carbonyl (C=O) groups excluding carboxylic acids is 1. The maximum Gasteiger partial charge on any atom is 0.345 e. The minimum absolute atomic E-state index is 0.160. The molecule has 0 bridgehead atoms. The van der Waals surface area contributed by atoms with Crippen molar-refractivity contribution >= 4 is 5.97 Å². The molecule has 0 N–H and O–H groups in total. The second-order valence-corrected chi connectivity index (χ2v) is 5.52. The molecule has 3 heteroatoms. The number of aryl methyl sites for hydroxylation is 1. The summed E-state index contributed by atoms with van der Waals surface area (Å²) in [5, 5.41) is 0. The van der Waals surface area contributed by atoms with Gasteiger partial charge >= 0.3 is 5.97 Å². The van der Waals surface area contributed by atoms with Crippen molar-refractivity contribution in [3.8, 4) is 0 Å². The highest BCUT2D eigenvalue weighted by atomic mass is 17.2. The van der Waals surface area contributed by atoms with Crippen LogP contribution in [0.4, 0.5) is 0 Å². The molecule has 0 saturated carbocycles. The van der Waals surface area contributed by atoms with Gasteiger partial charge in [0, 0.05) is 0 Å². The molecule has 18 heavy (non-hydrogen) atoms. The highest BCUT2D eigenvalue weighted by Gasteiger charge is 2.19. The van der Waals surface area contributed by atoms with Crippen LogP contribution in [0.3, 0.4) is 0 Å². The lowest BCUT2D eigenvalue weighted by Crippen LogP contribution is -2.24. The molecule has 3 nitrogen and oxygen atoms in total. The molecule has 1 aromatic carbocycles. The predicted octanol–water partition coefficient (Wildman–Crippen LogP) is 3.53. The average molecular weight is 250 g/mol. The first-order chi connectivity index (χ1) is 8.38. The lowest BCUT2D eigenvalue weighted by molar-refractivity contribution is -0.323. The van der Waals surface area contributed by atoms with Gasteiger partial charge in [-0.2, -0.15) is 4.89 Å². The maximum atomic E-state index is 11.7. The van der Waals surface area contributed by atoms with Gasteiger partial charge in [0.2, 0.25) is 0 Å². The number of rotatable bonds is 5. The van der Waals surface area contributed by atoms with E-state index in [1.807, 2.05) is 45.9 Å². The van der Waals surface area contributed by atoms with Gasteiger partial charge < -0.3 is 0 Å². The topological polar surface area (TPSA) is 35.5 Å². The summed E-state index contributed by atoms with van der Waals surface area (Å²) in [6, 6.07) is 10.1. The Bertz CT molecular complexity index is 365. The summed E-state index contributed by atoms with van der Waals surface area (Å²) in [7, 11) is 0. The van der Waals surface area contributed by atoms with E-state index in [2.05, 4.69) is 12.1 Å². The fraction of sp³-hybridized carbons (Fsp3) is 0.533. The summed E-state index contributed by atoms with van der Waals surface area (Å²) in [6.45, 7) is 7.38. The van der Waals surface area contributed by atoms with Crippen molar-refractivity contribution < 1.29 is 14.6 Å². The first-order valence-corrected chi connectivity index (χ1v) is 6.32. The molecule has 1 rings (SSSR count). The van der Waals surface area contributed by atoms with Gasteiger partial charge in [-0.05, 0) is 39.2 Å². The lowest BCUT2D eigenvalue weighted by Gasteiger charge is -2.18. The molecule has 0 fully saturated rings. The van der Waals surface area contributed by atoms with E-state index in [1.165, 1.54) is 5.56 Å². The first kappa shape index (κ1) is 14.7. The van der Waals surface area contributed by atoms with Crippen LogP contribution in [0.15, 0.2) is 30.3 Å². The Morgan fingerprint density at radius 3 is 2.39 bits per heavy atom. The van der Waals surface area contributed by atoms with E-state index >= 15 is 0 Å². The zero-order valence-corrected chi connectivity index (χ0v) is 11.6. The van der Waals surface area contributed by atoms with Crippen LogP contribution in [0.2, 0.25) is 0 Å². The van der Waals surface area contributed by atoms with Crippen molar-refractivity contribution in [1.29, 1.82) is 0 Å². The number of benzene rings is 1. The van der Waals surface area contributed by atoms with E-state index in [0.29, 0.717) is 0 Å². The van der Waals surface area contributed by atoms with Gasteiger partial charge in [-0.3, -0.25) is 4.89 Å². The molecule has 1 unspecified atom stereocenters. The van der Waals surface area contributed by atoms with Crippen molar-refractivity contribution in [2.24, 2.45) is 5.92 Å². The van der Waals surface area contributed by atoms with E-state index in [0.717, 1.165) is 12.8 Å². The van der Waals surface area contributed by atoms with Crippen LogP contribution < -0.4 is 0 Å². The molecule has 0 radical (unpaired) electrons. The van der Waals surface area contributed by atoms with Crippen LogP contribution in [-0.2, 0) is 21.0 Å². The molecule has 0 aliphatic heterocycles. The second kappa shape index (κ2) is 6.55. The van der Waals surface area contributed by atoms with E-state index in [-0.39, 0.29) is 11.9 Å². The molecule has 1 atom stereocenters. The summed E-state index contributed by atoms with van der Waals surface area (Å²) >= 11 is 0. The Morgan fingerprint density at radius 2 is 1.83 bits per heavy atom. The fourth-order valence-electron chi connectivity index (χ4n) is 1.39. The van der Waals surface area contributed by atoms with Crippen molar-refractivity contribution in [1.82, 2.24) is 0 Å². The highest BCUT2D eigenvalue weighted by Crippen LogP contribution is 2.13.